The molecule has 0 aliphatic carbocycles. The number of hydrogen-bond donors (Lipinski definition) is 1. The summed E-state index contributed by atoms with van der Waals surface area (Å²) in [5.74, 6) is 0. The molecule has 0 saturated heterocycles. The number of hydrogen-bond acceptors (Lipinski definition) is 1. The second-order valence-corrected chi connectivity index (χ2v) is 11.7. The Morgan fingerprint density at radius 3 is 2.11 bits per heavy atom. The Kier molecular flexibility index (Phi) is 4.48. The van der Waals surface area contributed by atoms with Gasteiger partial charge in [0.1, 0.15) is 0 Å². The highest BCUT2D eigenvalue weighted by atomic mass is 35.5. The molecule has 0 amide bonds. The lowest BCUT2D eigenvalue weighted by molar-refractivity contribution is 0.583. The number of nitrogens with zero attached hydrogens (tertiary/aromatic N) is 1. The van der Waals surface area contributed by atoms with E-state index >= 15 is 4.57 Å². The first-order chi connectivity index (χ1) is 17.2. The van der Waals surface area contributed by atoms with E-state index in [1.807, 2.05) is 83.2 Å². The fourth-order valence-corrected chi connectivity index (χ4v) is 8.73. The molecule has 3 nitrogen and oxygen atoms in total. The standard InChI is InChI=1S/C30H20ClN2OP/c31-25-14-6-9-17-28(25)35(34,20-10-2-1-3-11-20)33-27-16-8-5-13-22(27)24-19-18-23-21-12-4-7-15-26(21)32-29(23)30(24)33/h1-19,32H. The van der Waals surface area contributed by atoms with Crippen LogP contribution < -0.4 is 10.6 Å². The predicted octanol–water partition coefficient (Wildman–Crippen LogP) is 7.86. The predicted molar refractivity (Wildman–Crippen MR) is 149 cm³/mol. The lowest BCUT2D eigenvalue weighted by atomic mass is 10.1. The summed E-state index contributed by atoms with van der Waals surface area (Å²) in [5.41, 5.74) is 3.87. The van der Waals surface area contributed by atoms with E-state index in [4.69, 9.17) is 11.6 Å². The Morgan fingerprint density at radius 2 is 1.29 bits per heavy atom. The molecule has 0 bridgehead atoms. The summed E-state index contributed by atoms with van der Waals surface area (Å²) in [6.07, 6.45) is 0. The molecule has 7 aromatic rings. The third-order valence-electron chi connectivity index (χ3n) is 6.86. The van der Waals surface area contributed by atoms with Gasteiger partial charge >= 0.3 is 0 Å². The summed E-state index contributed by atoms with van der Waals surface area (Å²) < 4.78 is 17.7. The third-order valence-corrected chi connectivity index (χ3v) is 10.3. The molecule has 5 heteroatoms. The molecule has 0 radical (unpaired) electrons. The van der Waals surface area contributed by atoms with Crippen molar-refractivity contribution in [1.29, 1.82) is 0 Å². The minimum Gasteiger partial charge on any atom is -0.353 e. The zero-order valence-corrected chi connectivity index (χ0v) is 20.3. The molecule has 168 valence electrons. The van der Waals surface area contributed by atoms with Crippen LogP contribution in [0.2, 0.25) is 5.02 Å². The summed E-state index contributed by atoms with van der Waals surface area (Å²) in [7, 11) is -3.44. The lowest BCUT2D eigenvalue weighted by Crippen LogP contribution is -2.22. The highest BCUT2D eigenvalue weighted by molar-refractivity contribution is 7.78. The van der Waals surface area contributed by atoms with E-state index in [-0.39, 0.29) is 0 Å². The zero-order valence-electron chi connectivity index (χ0n) is 18.7. The Balaban J connectivity index is 1.76. The average molecular weight is 491 g/mol. The van der Waals surface area contributed by atoms with E-state index < -0.39 is 7.29 Å². The summed E-state index contributed by atoms with van der Waals surface area (Å²) in [6, 6.07) is 38.0. The lowest BCUT2D eigenvalue weighted by Gasteiger charge is -2.24. The van der Waals surface area contributed by atoms with Gasteiger partial charge in [-0.1, -0.05) is 90.5 Å². The molecule has 1 unspecified atom stereocenters. The highest BCUT2D eigenvalue weighted by Gasteiger charge is 2.35. The van der Waals surface area contributed by atoms with Crippen LogP contribution in [0.1, 0.15) is 0 Å². The van der Waals surface area contributed by atoms with Gasteiger partial charge in [-0.2, -0.15) is 0 Å². The number of benzene rings is 5. The van der Waals surface area contributed by atoms with Crippen molar-refractivity contribution in [3.8, 4) is 0 Å². The number of aromatic nitrogens is 2. The molecule has 2 aromatic heterocycles. The smallest absolute Gasteiger partial charge is 0.235 e. The number of rotatable bonds is 3. The molecule has 0 aliphatic heterocycles. The summed E-state index contributed by atoms with van der Waals surface area (Å²) >= 11 is 6.77. The SMILES string of the molecule is O=P(c1ccccc1)(c1ccccc1Cl)n1c2ccccc2c2ccc3c4ccccc4[nH]c3c21. The first kappa shape index (κ1) is 20.6. The molecule has 0 fully saturated rings. The Hall–Kier alpha value is -3.78. The number of fused-ring (bicyclic) bond motifs is 7. The van der Waals surface area contributed by atoms with Gasteiger partial charge in [-0.3, -0.25) is 8.90 Å². The minimum atomic E-state index is -3.44. The summed E-state index contributed by atoms with van der Waals surface area (Å²) in [5, 5.41) is 6.24. The fraction of sp³-hybridized carbons (Fsp3) is 0. The van der Waals surface area contributed by atoms with Gasteiger partial charge in [-0.15, -0.1) is 0 Å². The number of H-pyrrole nitrogens is 1. The monoisotopic (exact) mass is 490 g/mol. The molecular weight excluding hydrogens is 471 g/mol. The number of halogens is 1. The van der Waals surface area contributed by atoms with E-state index in [0.29, 0.717) is 10.3 Å². The van der Waals surface area contributed by atoms with Crippen molar-refractivity contribution in [3.63, 3.8) is 0 Å². The second-order valence-electron chi connectivity index (χ2n) is 8.75. The first-order valence-electron chi connectivity index (χ1n) is 11.5. The summed E-state index contributed by atoms with van der Waals surface area (Å²) in [4.78, 5) is 3.64. The van der Waals surface area contributed by atoms with Crippen LogP contribution in [-0.4, -0.2) is 9.32 Å². The quantitative estimate of drug-likeness (QED) is 0.251. The molecule has 2 heterocycles. The van der Waals surface area contributed by atoms with E-state index in [9.17, 15) is 0 Å². The van der Waals surface area contributed by atoms with Crippen molar-refractivity contribution in [3.05, 3.63) is 120 Å². The van der Waals surface area contributed by atoms with Gasteiger partial charge in [0.25, 0.3) is 0 Å². The molecule has 35 heavy (non-hydrogen) atoms. The van der Waals surface area contributed by atoms with Gasteiger partial charge in [-0.25, -0.2) is 0 Å². The second kappa shape index (κ2) is 7.61. The molecular formula is C30H20ClN2OP. The minimum absolute atomic E-state index is 0.495. The number of aromatic amines is 1. The van der Waals surface area contributed by atoms with Gasteiger partial charge in [0.15, 0.2) is 0 Å². The van der Waals surface area contributed by atoms with E-state index in [2.05, 4.69) is 41.4 Å². The van der Waals surface area contributed by atoms with Gasteiger partial charge in [0.05, 0.1) is 26.9 Å². The molecule has 0 spiro atoms. The Labute approximate surface area is 207 Å². The van der Waals surface area contributed by atoms with Crippen molar-refractivity contribution in [2.24, 2.45) is 0 Å². The van der Waals surface area contributed by atoms with Gasteiger partial charge < -0.3 is 4.98 Å². The molecule has 1 N–H and O–H groups in total. The van der Waals surface area contributed by atoms with Crippen LogP contribution in [0.25, 0.3) is 43.6 Å². The molecule has 7 rings (SSSR count). The maximum Gasteiger partial charge on any atom is 0.235 e. The van der Waals surface area contributed by atoms with Crippen molar-refractivity contribution >= 4 is 73.1 Å². The van der Waals surface area contributed by atoms with Crippen LogP contribution in [0.3, 0.4) is 0 Å². The maximum absolute atomic E-state index is 15.7. The molecule has 0 saturated carbocycles. The topological polar surface area (TPSA) is 37.8 Å². The number of nitrogens with one attached hydrogen (secondary N) is 1. The number of para-hydroxylation sites is 2. The van der Waals surface area contributed by atoms with Gasteiger partial charge in [0.2, 0.25) is 7.29 Å². The van der Waals surface area contributed by atoms with Crippen LogP contribution >= 0.6 is 18.9 Å². The Morgan fingerprint density at radius 1 is 0.629 bits per heavy atom. The summed E-state index contributed by atoms with van der Waals surface area (Å²) in [6.45, 7) is 0. The molecule has 5 aromatic carbocycles. The van der Waals surface area contributed by atoms with Crippen LogP contribution in [0.4, 0.5) is 0 Å². The maximum atomic E-state index is 15.7. The molecule has 1 atom stereocenters. The van der Waals surface area contributed by atoms with Crippen molar-refractivity contribution in [1.82, 2.24) is 9.32 Å². The van der Waals surface area contributed by atoms with Crippen molar-refractivity contribution < 1.29 is 4.57 Å². The van der Waals surface area contributed by atoms with Crippen LogP contribution in [0.15, 0.2) is 115 Å². The van der Waals surface area contributed by atoms with Gasteiger partial charge in [0, 0.05) is 32.4 Å². The van der Waals surface area contributed by atoms with Crippen LogP contribution in [-0.2, 0) is 4.57 Å². The zero-order chi connectivity index (χ0) is 23.6. The third kappa shape index (κ3) is 2.83. The average Bonchev–Trinajstić information content (AvgIpc) is 3.45. The van der Waals surface area contributed by atoms with Crippen molar-refractivity contribution in [2.75, 3.05) is 0 Å². The first-order valence-corrected chi connectivity index (χ1v) is 13.6. The van der Waals surface area contributed by atoms with E-state index in [1.165, 1.54) is 0 Å². The highest BCUT2D eigenvalue weighted by Crippen LogP contribution is 2.53. The fourth-order valence-electron chi connectivity index (χ4n) is 5.33. The largest absolute Gasteiger partial charge is 0.353 e. The van der Waals surface area contributed by atoms with Crippen molar-refractivity contribution in [2.45, 2.75) is 0 Å². The normalized spacial score (nSPS) is 13.6. The Bertz CT molecular complexity index is 1950. The van der Waals surface area contributed by atoms with Crippen LogP contribution in [0.5, 0.6) is 0 Å². The van der Waals surface area contributed by atoms with Gasteiger partial charge in [-0.05, 0) is 36.4 Å². The molecule has 0 aliphatic rings. The van der Waals surface area contributed by atoms with Crippen LogP contribution in [0, 0.1) is 0 Å². The van der Waals surface area contributed by atoms with E-state index in [1.54, 1.807) is 0 Å². The van der Waals surface area contributed by atoms with E-state index in [0.717, 1.165) is 48.9 Å².